The number of hydrogen-bond acceptors (Lipinski definition) is 14. The molecule has 0 heterocycles. The molecule has 16 nitrogen and oxygen atoms in total. The number of carbonyl (C=O) groups is 3. The summed E-state index contributed by atoms with van der Waals surface area (Å²) in [6.45, 7) is 2.62. The molecule has 0 rings (SSSR count). The molecular formula is C91H162O16P2. The fraction of sp³-hybridized carbons (Fsp3) is 0.769. The minimum Gasteiger partial charge on any atom is -0.463 e. The highest BCUT2D eigenvalue weighted by molar-refractivity contribution is 7.47. The minimum atomic E-state index is -4.93. The highest BCUT2D eigenvalue weighted by Crippen LogP contribution is 2.45. The van der Waals surface area contributed by atoms with Gasteiger partial charge in [-0.2, -0.15) is 0 Å². The summed E-state index contributed by atoms with van der Waals surface area (Å²) in [5.41, 5.74) is 0. The van der Waals surface area contributed by atoms with Crippen molar-refractivity contribution in [3.8, 4) is 0 Å². The van der Waals surface area contributed by atoms with Crippen molar-refractivity contribution >= 4 is 33.6 Å². The van der Waals surface area contributed by atoms with E-state index >= 15 is 0 Å². The van der Waals surface area contributed by atoms with E-state index in [0.29, 0.717) is 19.3 Å². The van der Waals surface area contributed by atoms with Gasteiger partial charge in [-0.05, 0) is 128 Å². The predicted octanol–water partition coefficient (Wildman–Crippen LogP) is 26.7. The van der Waals surface area contributed by atoms with Gasteiger partial charge in [0.05, 0.1) is 26.4 Å². The van der Waals surface area contributed by atoms with Crippen LogP contribution in [-0.4, -0.2) is 95.9 Å². The molecule has 5 atom stereocenters. The number of carbonyl (C=O) groups excluding carboxylic acids is 3. The Balaban J connectivity index is 4.32. The molecule has 0 aromatic carbocycles. The lowest BCUT2D eigenvalue weighted by Gasteiger charge is -2.21. The maximum absolute atomic E-state index is 12.9. The van der Waals surface area contributed by atoms with Crippen LogP contribution in [0.1, 0.15) is 393 Å². The number of ether oxygens (including phenoxy) is 3. The average Bonchev–Trinajstić information content (AvgIpc) is 0.903. The van der Waals surface area contributed by atoms with E-state index in [0.717, 1.165) is 128 Å². The normalized spacial score (nSPS) is 14.4. The first kappa shape index (κ1) is 105. The number of unbranched alkanes of at least 4 members (excludes halogenated alkanes) is 43. The molecule has 0 fully saturated rings. The van der Waals surface area contributed by atoms with Crippen LogP contribution in [0.3, 0.4) is 0 Å². The van der Waals surface area contributed by atoms with Crippen LogP contribution in [0, 0.1) is 0 Å². The Kier molecular flexibility index (Phi) is 80.7. The number of phosphoric acid groups is 2. The van der Waals surface area contributed by atoms with Crippen molar-refractivity contribution in [3.05, 3.63) is 109 Å². The second kappa shape index (κ2) is 83.6. The molecule has 0 aromatic heterocycles. The van der Waals surface area contributed by atoms with Crippen LogP contribution in [0.5, 0.6) is 0 Å². The summed E-state index contributed by atoms with van der Waals surface area (Å²) in [4.78, 5) is 58.7. The number of esters is 3. The third-order valence-corrected chi connectivity index (χ3v) is 20.8. The molecule has 18 heteroatoms. The maximum atomic E-state index is 12.9. The number of hydrogen-bond donors (Lipinski definition) is 4. The van der Waals surface area contributed by atoms with Gasteiger partial charge in [-0.25, -0.2) is 9.13 Å². The summed E-state index contributed by atoms with van der Waals surface area (Å²) in [7, 11) is -9.79. The molecule has 0 aliphatic heterocycles. The standard InChI is InChI=1S/C91H162O16P2/c1-4-7-10-13-16-19-22-24-26-28-30-32-34-36-38-39-40-41-42-43-44-45-47-49-50-52-54-56-58-60-63-65-68-71-74-77-89(94)101-80-86(92)81-103-108(97,98)104-82-87(93)83-105-109(99,100)106-85-88(107-91(96)79-76-73-70-67-62-21-18-15-12-9-6-3)84-102-90(95)78-75-72-69-66-64-61-59-57-55-53-51-48-46-37-35-33-31-29-27-25-23-20-17-14-11-8-5-2/h15-20,24-27,30-33,36-38,46,86-88,92-93H,4-14,21-23,28-29,34-35,39-45,47-85H2,1-3H3,(H,97,98)(H,99,100)/b18-15-,19-16-,20-17-,26-24-,27-25-,32-30-,33-31-,38-36-,46-37-. The monoisotopic (exact) mass is 1570 g/mol. The largest absolute Gasteiger partial charge is 0.472 e. The fourth-order valence-corrected chi connectivity index (χ4v) is 13.8. The van der Waals surface area contributed by atoms with Crippen LogP contribution in [-0.2, 0) is 55.8 Å². The highest BCUT2D eigenvalue weighted by Gasteiger charge is 2.29. The van der Waals surface area contributed by atoms with Gasteiger partial charge in [-0.1, -0.05) is 355 Å². The Morgan fingerprint density at radius 1 is 0.257 bits per heavy atom. The minimum absolute atomic E-state index is 0.0942. The van der Waals surface area contributed by atoms with Crippen LogP contribution in [0.4, 0.5) is 0 Å². The SMILES string of the molecule is CCCC/C=C\CCCCCCCC(=O)OC(COC(=O)CCCCCCCCCCCCC/C=C\C/C=C\C/C=C\C/C=C\CCCCC)COP(=O)(O)OCC(O)COP(=O)(O)OCC(O)COC(=O)CCCCCCCCCCCCCCCCCCCCC/C=C\C/C=C\C/C=C\C/C=C\CCCCC. The number of phosphoric ester groups is 2. The van der Waals surface area contributed by atoms with E-state index in [1.54, 1.807) is 0 Å². The van der Waals surface area contributed by atoms with Gasteiger partial charge in [0.25, 0.3) is 0 Å². The summed E-state index contributed by atoms with van der Waals surface area (Å²) < 4.78 is 61.2. The van der Waals surface area contributed by atoms with Crippen LogP contribution in [0.15, 0.2) is 109 Å². The van der Waals surface area contributed by atoms with Gasteiger partial charge in [-0.3, -0.25) is 32.5 Å². The van der Waals surface area contributed by atoms with E-state index in [2.05, 4.69) is 130 Å². The van der Waals surface area contributed by atoms with Gasteiger partial charge in [0, 0.05) is 19.3 Å². The van der Waals surface area contributed by atoms with Crippen molar-refractivity contribution in [1.29, 1.82) is 0 Å². The van der Waals surface area contributed by atoms with E-state index in [1.165, 1.54) is 205 Å². The molecule has 4 N–H and O–H groups in total. The van der Waals surface area contributed by atoms with Crippen LogP contribution >= 0.6 is 15.6 Å². The summed E-state index contributed by atoms with van der Waals surface area (Å²) in [5.74, 6) is -1.57. The Morgan fingerprint density at radius 2 is 0.468 bits per heavy atom. The molecule has 632 valence electrons. The van der Waals surface area contributed by atoms with Gasteiger partial charge >= 0.3 is 33.6 Å². The molecular weight excluding hydrogens is 1410 g/mol. The Hall–Kier alpha value is -3.79. The molecule has 0 amide bonds. The first-order chi connectivity index (χ1) is 53.2. The Morgan fingerprint density at radius 3 is 0.761 bits per heavy atom. The Bertz CT molecular complexity index is 2420. The van der Waals surface area contributed by atoms with E-state index < -0.39 is 91.5 Å². The Labute approximate surface area is 666 Å². The lowest BCUT2D eigenvalue weighted by Crippen LogP contribution is -2.30. The first-order valence-electron chi connectivity index (χ1n) is 44.2. The van der Waals surface area contributed by atoms with Crippen molar-refractivity contribution in [2.24, 2.45) is 0 Å². The number of rotatable bonds is 84. The van der Waals surface area contributed by atoms with Crippen molar-refractivity contribution in [2.75, 3.05) is 39.6 Å². The molecule has 0 spiro atoms. The number of aliphatic hydroxyl groups is 2. The molecule has 109 heavy (non-hydrogen) atoms. The van der Waals surface area contributed by atoms with Crippen molar-refractivity contribution in [1.82, 2.24) is 0 Å². The third-order valence-electron chi connectivity index (χ3n) is 18.9. The van der Waals surface area contributed by atoms with E-state index in [9.17, 15) is 43.5 Å². The van der Waals surface area contributed by atoms with E-state index in [4.69, 9.17) is 32.3 Å². The smallest absolute Gasteiger partial charge is 0.463 e. The van der Waals surface area contributed by atoms with Crippen LogP contribution < -0.4 is 0 Å². The summed E-state index contributed by atoms with van der Waals surface area (Å²) in [6.07, 6.45) is 100. The molecule has 0 aromatic rings. The molecule has 0 saturated carbocycles. The molecule has 0 saturated heterocycles. The zero-order valence-electron chi connectivity index (χ0n) is 69.5. The summed E-state index contributed by atoms with van der Waals surface area (Å²) >= 11 is 0. The lowest BCUT2D eigenvalue weighted by atomic mass is 10.0. The van der Waals surface area contributed by atoms with Crippen LogP contribution in [0.25, 0.3) is 0 Å². The van der Waals surface area contributed by atoms with Gasteiger partial charge in [-0.15, -0.1) is 0 Å². The quantitative estimate of drug-likeness (QED) is 0.0146. The van der Waals surface area contributed by atoms with E-state index in [-0.39, 0.29) is 19.3 Å². The topological polar surface area (TPSA) is 231 Å². The predicted molar refractivity (Wildman–Crippen MR) is 454 cm³/mol. The third kappa shape index (κ3) is 84.9. The molecule has 0 aliphatic carbocycles. The van der Waals surface area contributed by atoms with Crippen molar-refractivity contribution in [2.45, 2.75) is 411 Å². The summed E-state index contributed by atoms with van der Waals surface area (Å²) in [6, 6.07) is 0. The number of allylic oxidation sites excluding steroid dienone is 18. The lowest BCUT2D eigenvalue weighted by molar-refractivity contribution is -0.161. The molecule has 0 bridgehead atoms. The molecule has 0 radical (unpaired) electrons. The first-order valence-corrected chi connectivity index (χ1v) is 47.2. The van der Waals surface area contributed by atoms with Gasteiger partial charge in [0.2, 0.25) is 0 Å². The van der Waals surface area contributed by atoms with Crippen molar-refractivity contribution < 1.29 is 75.8 Å². The second-order valence-corrected chi connectivity index (χ2v) is 32.6. The van der Waals surface area contributed by atoms with Gasteiger partial charge < -0.3 is 34.2 Å². The van der Waals surface area contributed by atoms with Gasteiger partial charge in [0.15, 0.2) is 6.10 Å². The average molecular weight is 1570 g/mol. The molecule has 0 aliphatic rings. The van der Waals surface area contributed by atoms with Crippen LogP contribution in [0.2, 0.25) is 0 Å². The summed E-state index contributed by atoms with van der Waals surface area (Å²) in [5, 5.41) is 20.7. The van der Waals surface area contributed by atoms with Crippen molar-refractivity contribution in [3.63, 3.8) is 0 Å². The number of aliphatic hydroxyl groups excluding tert-OH is 2. The highest BCUT2D eigenvalue weighted by atomic mass is 31.2. The zero-order valence-corrected chi connectivity index (χ0v) is 71.3. The van der Waals surface area contributed by atoms with E-state index in [1.807, 2.05) is 0 Å². The molecule has 5 unspecified atom stereocenters. The maximum Gasteiger partial charge on any atom is 0.472 e. The van der Waals surface area contributed by atoms with Gasteiger partial charge in [0.1, 0.15) is 25.4 Å². The second-order valence-electron chi connectivity index (χ2n) is 29.7. The zero-order chi connectivity index (χ0) is 79.4. The fourth-order valence-electron chi connectivity index (χ4n) is 12.2.